The van der Waals surface area contributed by atoms with Crippen LogP contribution in [0.5, 0.6) is 11.5 Å². The largest absolute Gasteiger partial charge is 0.493 e. The molecule has 5 nitrogen and oxygen atoms in total. The Morgan fingerprint density at radius 3 is 2.95 bits per heavy atom. The van der Waals surface area contributed by atoms with E-state index in [1.54, 1.807) is 7.11 Å². The molecule has 22 heavy (non-hydrogen) atoms. The number of rotatable bonds is 6. The van der Waals surface area contributed by atoms with Crippen molar-refractivity contribution >= 4 is 17.5 Å². The molecule has 1 fully saturated rings. The summed E-state index contributed by atoms with van der Waals surface area (Å²) in [5.74, 6) is 1.24. The van der Waals surface area contributed by atoms with E-state index in [1.807, 2.05) is 19.1 Å². The summed E-state index contributed by atoms with van der Waals surface area (Å²) in [5.41, 5.74) is 0.961. The van der Waals surface area contributed by atoms with E-state index in [0.717, 1.165) is 31.4 Å². The first-order valence-electron chi connectivity index (χ1n) is 7.66. The minimum atomic E-state index is -0.154. The smallest absolute Gasteiger partial charge is 0.237 e. The van der Waals surface area contributed by atoms with Gasteiger partial charge in [0, 0.05) is 13.1 Å². The van der Waals surface area contributed by atoms with Crippen molar-refractivity contribution in [2.75, 3.05) is 20.3 Å². The Morgan fingerprint density at radius 1 is 1.41 bits per heavy atom. The standard InChI is InChI=1S/C16H23ClN2O3/c1-3-22-15-12(17)8-11(9-14(15)21-2)10-19-13-6-4-5-7-18-16(13)20/h8-9,13,19H,3-7,10H2,1-2H3,(H,18,20)/t13-/m0/s1. The maximum absolute atomic E-state index is 11.9. The zero-order valence-corrected chi connectivity index (χ0v) is 13.8. The molecule has 0 radical (unpaired) electrons. The Hall–Kier alpha value is -1.46. The number of halogens is 1. The van der Waals surface area contributed by atoms with Crippen molar-refractivity contribution in [3.05, 3.63) is 22.7 Å². The fraction of sp³-hybridized carbons (Fsp3) is 0.562. The second kappa shape index (κ2) is 8.25. The van der Waals surface area contributed by atoms with E-state index < -0.39 is 0 Å². The highest BCUT2D eigenvalue weighted by Gasteiger charge is 2.20. The van der Waals surface area contributed by atoms with E-state index in [0.29, 0.717) is 29.7 Å². The average molecular weight is 327 g/mol. The fourth-order valence-corrected chi connectivity index (χ4v) is 2.82. The number of hydrogen-bond acceptors (Lipinski definition) is 4. The molecule has 1 aliphatic rings. The van der Waals surface area contributed by atoms with Gasteiger partial charge in [0.15, 0.2) is 11.5 Å². The van der Waals surface area contributed by atoms with Gasteiger partial charge in [-0.15, -0.1) is 0 Å². The molecule has 0 spiro atoms. The number of carbonyl (C=O) groups excluding carboxylic acids is 1. The molecular formula is C16H23ClN2O3. The summed E-state index contributed by atoms with van der Waals surface area (Å²) >= 11 is 6.26. The molecule has 1 heterocycles. The Labute approximate surface area is 136 Å². The van der Waals surface area contributed by atoms with Crippen molar-refractivity contribution in [3.8, 4) is 11.5 Å². The Bertz CT molecular complexity index is 522. The van der Waals surface area contributed by atoms with Crippen LogP contribution in [-0.2, 0) is 11.3 Å². The highest BCUT2D eigenvalue weighted by atomic mass is 35.5. The molecule has 0 saturated carbocycles. The van der Waals surface area contributed by atoms with Gasteiger partial charge in [-0.25, -0.2) is 0 Å². The van der Waals surface area contributed by atoms with Crippen molar-refractivity contribution in [1.82, 2.24) is 10.6 Å². The predicted octanol–water partition coefficient (Wildman–Crippen LogP) is 2.51. The van der Waals surface area contributed by atoms with E-state index in [9.17, 15) is 4.79 Å². The lowest BCUT2D eigenvalue weighted by Crippen LogP contribution is -2.42. The molecule has 0 aromatic heterocycles. The average Bonchev–Trinajstić information content (AvgIpc) is 2.72. The number of benzene rings is 1. The van der Waals surface area contributed by atoms with Gasteiger partial charge in [-0.3, -0.25) is 4.79 Å². The molecule has 0 aliphatic carbocycles. The molecule has 2 N–H and O–H groups in total. The van der Waals surface area contributed by atoms with Crippen LogP contribution in [0.25, 0.3) is 0 Å². The van der Waals surface area contributed by atoms with Crippen molar-refractivity contribution < 1.29 is 14.3 Å². The van der Waals surface area contributed by atoms with Crippen LogP contribution in [0.15, 0.2) is 12.1 Å². The minimum Gasteiger partial charge on any atom is -0.493 e. The predicted molar refractivity (Wildman–Crippen MR) is 86.7 cm³/mol. The van der Waals surface area contributed by atoms with Gasteiger partial charge in [-0.1, -0.05) is 11.6 Å². The highest BCUT2D eigenvalue weighted by molar-refractivity contribution is 6.32. The van der Waals surface area contributed by atoms with E-state index >= 15 is 0 Å². The third kappa shape index (κ3) is 4.27. The second-order valence-electron chi connectivity index (χ2n) is 5.26. The number of hydrogen-bond donors (Lipinski definition) is 2. The van der Waals surface area contributed by atoms with E-state index in [-0.39, 0.29) is 11.9 Å². The van der Waals surface area contributed by atoms with Crippen LogP contribution in [0, 0.1) is 0 Å². The third-order valence-corrected chi connectivity index (χ3v) is 3.95. The van der Waals surface area contributed by atoms with E-state index in [1.165, 1.54) is 0 Å². The maximum atomic E-state index is 11.9. The van der Waals surface area contributed by atoms with E-state index in [4.69, 9.17) is 21.1 Å². The monoisotopic (exact) mass is 326 g/mol. The first-order valence-corrected chi connectivity index (χ1v) is 8.03. The summed E-state index contributed by atoms with van der Waals surface area (Å²) in [6.45, 7) is 3.74. The number of nitrogens with one attached hydrogen (secondary N) is 2. The van der Waals surface area contributed by atoms with Gasteiger partial charge < -0.3 is 20.1 Å². The van der Waals surface area contributed by atoms with Gasteiger partial charge in [-0.05, 0) is 43.9 Å². The summed E-state index contributed by atoms with van der Waals surface area (Å²) in [6, 6.07) is 3.58. The quantitative estimate of drug-likeness (QED) is 0.843. The lowest BCUT2D eigenvalue weighted by atomic mass is 10.1. The number of carbonyl (C=O) groups is 1. The van der Waals surface area contributed by atoms with Crippen LogP contribution in [0.1, 0.15) is 31.7 Å². The van der Waals surface area contributed by atoms with Crippen LogP contribution < -0.4 is 20.1 Å². The Morgan fingerprint density at radius 2 is 2.23 bits per heavy atom. The third-order valence-electron chi connectivity index (χ3n) is 3.67. The lowest BCUT2D eigenvalue weighted by molar-refractivity contribution is -0.122. The van der Waals surface area contributed by atoms with Crippen molar-refractivity contribution in [1.29, 1.82) is 0 Å². The van der Waals surface area contributed by atoms with Crippen LogP contribution in [0.2, 0.25) is 5.02 Å². The zero-order chi connectivity index (χ0) is 15.9. The minimum absolute atomic E-state index is 0.0708. The maximum Gasteiger partial charge on any atom is 0.237 e. The molecule has 1 atom stereocenters. The second-order valence-corrected chi connectivity index (χ2v) is 5.67. The van der Waals surface area contributed by atoms with Crippen molar-refractivity contribution in [2.45, 2.75) is 38.8 Å². The highest BCUT2D eigenvalue weighted by Crippen LogP contribution is 2.36. The fourth-order valence-electron chi connectivity index (χ4n) is 2.53. The first kappa shape index (κ1) is 16.9. The molecule has 6 heteroatoms. The number of amides is 1. The van der Waals surface area contributed by atoms with Gasteiger partial charge in [0.1, 0.15) is 0 Å². The van der Waals surface area contributed by atoms with Crippen LogP contribution in [-0.4, -0.2) is 32.2 Å². The van der Waals surface area contributed by atoms with Crippen molar-refractivity contribution in [3.63, 3.8) is 0 Å². The molecule has 0 unspecified atom stereocenters. The molecule has 122 valence electrons. The Balaban J connectivity index is 2.06. The summed E-state index contributed by atoms with van der Waals surface area (Å²) in [4.78, 5) is 11.9. The summed E-state index contributed by atoms with van der Waals surface area (Å²) in [6.07, 6.45) is 2.93. The summed E-state index contributed by atoms with van der Waals surface area (Å²) in [5, 5.41) is 6.73. The molecule has 1 aliphatic heterocycles. The lowest BCUT2D eigenvalue weighted by Gasteiger charge is -2.17. The number of ether oxygens (including phenoxy) is 2. The molecule has 1 aromatic rings. The summed E-state index contributed by atoms with van der Waals surface area (Å²) < 4.78 is 10.8. The molecular weight excluding hydrogens is 304 g/mol. The SMILES string of the molecule is CCOc1c(Cl)cc(CN[C@H]2CCCCNC2=O)cc1OC. The summed E-state index contributed by atoms with van der Waals surface area (Å²) in [7, 11) is 1.59. The number of methoxy groups -OCH3 is 1. The van der Waals surface area contributed by atoms with Gasteiger partial charge in [0.05, 0.1) is 24.8 Å². The van der Waals surface area contributed by atoms with Gasteiger partial charge in [-0.2, -0.15) is 0 Å². The van der Waals surface area contributed by atoms with Crippen LogP contribution >= 0.6 is 11.6 Å². The topological polar surface area (TPSA) is 59.6 Å². The van der Waals surface area contributed by atoms with Gasteiger partial charge in [0.25, 0.3) is 0 Å². The van der Waals surface area contributed by atoms with Gasteiger partial charge >= 0.3 is 0 Å². The Kier molecular flexibility index (Phi) is 6.34. The molecule has 1 saturated heterocycles. The first-order chi connectivity index (χ1) is 10.7. The normalized spacial score (nSPS) is 18.5. The zero-order valence-electron chi connectivity index (χ0n) is 13.1. The molecule has 2 rings (SSSR count). The molecule has 1 aromatic carbocycles. The van der Waals surface area contributed by atoms with Gasteiger partial charge in [0.2, 0.25) is 5.91 Å². The van der Waals surface area contributed by atoms with Crippen LogP contribution in [0.3, 0.4) is 0 Å². The van der Waals surface area contributed by atoms with Crippen molar-refractivity contribution in [2.24, 2.45) is 0 Å². The molecule has 0 bridgehead atoms. The van der Waals surface area contributed by atoms with Crippen LogP contribution in [0.4, 0.5) is 0 Å². The molecule has 1 amide bonds. The van der Waals surface area contributed by atoms with E-state index in [2.05, 4.69) is 10.6 Å².